The monoisotopic (exact) mass is 432 g/mol. The largest absolute Gasteiger partial charge is 0.377 e. The Bertz CT molecular complexity index is 696. The van der Waals surface area contributed by atoms with Crippen molar-refractivity contribution >= 4 is 11.8 Å². The van der Waals surface area contributed by atoms with Gasteiger partial charge in [-0.3, -0.25) is 14.5 Å². The fraction of sp³-hybridized carbons (Fsp3) is 0.652. The maximum atomic E-state index is 12.9. The molecule has 1 aromatic carbocycles. The molecule has 1 aromatic rings. The molecule has 2 unspecified atom stereocenters. The van der Waals surface area contributed by atoms with Crippen molar-refractivity contribution in [2.75, 3.05) is 46.5 Å². The second kappa shape index (κ2) is 12.1. The lowest BCUT2D eigenvalue weighted by atomic mass is 9.93. The van der Waals surface area contributed by atoms with Crippen molar-refractivity contribution in [1.29, 1.82) is 0 Å². The molecule has 0 spiro atoms. The number of hydrogen-bond donors (Lipinski definition) is 2. The van der Waals surface area contributed by atoms with E-state index in [0.29, 0.717) is 26.1 Å². The molecule has 0 saturated carbocycles. The van der Waals surface area contributed by atoms with Crippen LogP contribution in [0.4, 0.5) is 0 Å². The molecule has 2 aliphatic rings. The van der Waals surface area contributed by atoms with Crippen molar-refractivity contribution in [1.82, 2.24) is 15.1 Å². The molecule has 0 radical (unpaired) electrons. The van der Waals surface area contributed by atoms with E-state index in [4.69, 9.17) is 15.2 Å². The van der Waals surface area contributed by atoms with Gasteiger partial charge in [0.1, 0.15) is 12.6 Å². The molecular formula is C23H36N4O4. The van der Waals surface area contributed by atoms with Crippen molar-refractivity contribution < 1.29 is 19.1 Å². The lowest BCUT2D eigenvalue weighted by Crippen LogP contribution is -2.58. The highest BCUT2D eigenvalue weighted by atomic mass is 16.5. The molecule has 8 heteroatoms. The van der Waals surface area contributed by atoms with E-state index in [-0.39, 0.29) is 30.6 Å². The maximum absolute atomic E-state index is 12.9. The van der Waals surface area contributed by atoms with Gasteiger partial charge in [0.25, 0.3) is 0 Å². The van der Waals surface area contributed by atoms with Gasteiger partial charge in [-0.05, 0) is 31.2 Å². The van der Waals surface area contributed by atoms with Gasteiger partial charge < -0.3 is 25.4 Å². The summed E-state index contributed by atoms with van der Waals surface area (Å²) in [6.45, 7) is 3.73. The smallest absolute Gasteiger partial charge is 0.249 e. The van der Waals surface area contributed by atoms with Crippen molar-refractivity contribution in [3.8, 4) is 0 Å². The number of rotatable bonds is 10. The Morgan fingerprint density at radius 2 is 2.10 bits per heavy atom. The first-order chi connectivity index (χ1) is 15.1. The third kappa shape index (κ3) is 6.74. The Labute approximate surface area is 185 Å². The summed E-state index contributed by atoms with van der Waals surface area (Å²) in [7, 11) is 1.50. The zero-order valence-corrected chi connectivity index (χ0v) is 18.5. The molecule has 2 amide bonds. The summed E-state index contributed by atoms with van der Waals surface area (Å²) in [5, 5.41) is 2.87. The number of nitrogens with two attached hydrogens (primary N) is 1. The first kappa shape index (κ1) is 23.7. The van der Waals surface area contributed by atoms with Gasteiger partial charge in [-0.25, -0.2) is 0 Å². The normalized spacial score (nSPS) is 23.8. The standard InChI is InChI=1S/C23H36N4O4/c1-30-17-22(28)27-12-9-19(14-21(27)23(29)25-11-10-24)26(16-20-8-5-13-31-20)15-18-6-3-2-4-7-18/h2-4,6-7,19-21H,5,8-17,24H2,1H3,(H,25,29)/t19?,20?,21-/m1/s1. The van der Waals surface area contributed by atoms with Gasteiger partial charge in [0.05, 0.1) is 6.10 Å². The van der Waals surface area contributed by atoms with Gasteiger partial charge in [-0.2, -0.15) is 0 Å². The minimum atomic E-state index is -0.518. The Hall–Kier alpha value is -2.00. The van der Waals surface area contributed by atoms with Crippen LogP contribution >= 0.6 is 0 Å². The number of piperidine rings is 1. The molecule has 2 aliphatic heterocycles. The molecule has 8 nitrogen and oxygen atoms in total. The molecule has 31 heavy (non-hydrogen) atoms. The second-order valence-electron chi connectivity index (χ2n) is 8.34. The number of methoxy groups -OCH3 is 1. The van der Waals surface area contributed by atoms with Crippen LogP contribution in [-0.2, 0) is 25.6 Å². The zero-order chi connectivity index (χ0) is 22.1. The van der Waals surface area contributed by atoms with E-state index in [1.54, 1.807) is 4.90 Å². The SMILES string of the molecule is COCC(=O)N1CCC(N(Cc2ccccc2)CC2CCCO2)C[C@@H]1C(=O)NCCN. The molecule has 2 saturated heterocycles. The van der Waals surface area contributed by atoms with Gasteiger partial charge in [0.2, 0.25) is 11.8 Å². The van der Waals surface area contributed by atoms with Crippen LogP contribution in [0.3, 0.4) is 0 Å². The fourth-order valence-electron chi connectivity index (χ4n) is 4.56. The number of likely N-dealkylation sites (tertiary alicyclic amines) is 1. The molecule has 2 fully saturated rings. The van der Waals surface area contributed by atoms with Crippen LogP contribution in [0.5, 0.6) is 0 Å². The van der Waals surface area contributed by atoms with Crippen LogP contribution in [0.1, 0.15) is 31.2 Å². The summed E-state index contributed by atoms with van der Waals surface area (Å²) in [4.78, 5) is 29.6. The Morgan fingerprint density at radius 3 is 2.77 bits per heavy atom. The molecular weight excluding hydrogens is 396 g/mol. The van der Waals surface area contributed by atoms with E-state index in [1.165, 1.54) is 12.7 Å². The van der Waals surface area contributed by atoms with Crippen molar-refractivity contribution in [3.63, 3.8) is 0 Å². The molecule has 0 bridgehead atoms. The predicted molar refractivity (Wildman–Crippen MR) is 118 cm³/mol. The van der Waals surface area contributed by atoms with Gasteiger partial charge in [-0.1, -0.05) is 30.3 Å². The van der Waals surface area contributed by atoms with E-state index in [1.807, 2.05) is 6.07 Å². The average Bonchev–Trinajstić information content (AvgIpc) is 3.30. The summed E-state index contributed by atoms with van der Waals surface area (Å²) < 4.78 is 11.0. The fourth-order valence-corrected chi connectivity index (χ4v) is 4.56. The summed E-state index contributed by atoms with van der Waals surface area (Å²) in [5.74, 6) is -0.293. The molecule has 3 rings (SSSR count). The first-order valence-electron chi connectivity index (χ1n) is 11.3. The summed E-state index contributed by atoms with van der Waals surface area (Å²) >= 11 is 0. The third-order valence-electron chi connectivity index (χ3n) is 6.12. The van der Waals surface area contributed by atoms with Crippen LogP contribution in [0.2, 0.25) is 0 Å². The number of nitrogens with one attached hydrogen (secondary N) is 1. The number of benzene rings is 1. The lowest BCUT2D eigenvalue weighted by Gasteiger charge is -2.43. The molecule has 3 atom stereocenters. The number of hydrogen-bond acceptors (Lipinski definition) is 6. The topological polar surface area (TPSA) is 97.1 Å². The lowest BCUT2D eigenvalue weighted by molar-refractivity contribution is -0.146. The van der Waals surface area contributed by atoms with E-state index in [9.17, 15) is 9.59 Å². The van der Waals surface area contributed by atoms with Crippen LogP contribution < -0.4 is 11.1 Å². The molecule has 0 aromatic heterocycles. The number of carbonyl (C=O) groups excluding carboxylic acids is 2. The molecule has 0 aliphatic carbocycles. The van der Waals surface area contributed by atoms with Gasteiger partial charge in [0, 0.05) is 52.5 Å². The molecule has 172 valence electrons. The van der Waals surface area contributed by atoms with Crippen molar-refractivity contribution in [3.05, 3.63) is 35.9 Å². The van der Waals surface area contributed by atoms with E-state index >= 15 is 0 Å². The predicted octanol–water partition coefficient (Wildman–Crippen LogP) is 0.749. The average molecular weight is 433 g/mol. The van der Waals surface area contributed by atoms with Crippen LogP contribution in [0.15, 0.2) is 30.3 Å². The van der Waals surface area contributed by atoms with Crippen molar-refractivity contribution in [2.45, 2.75) is 50.4 Å². The molecule has 2 heterocycles. The number of amides is 2. The Kier molecular flexibility index (Phi) is 9.27. The minimum Gasteiger partial charge on any atom is -0.377 e. The number of carbonyl (C=O) groups is 2. The summed E-state index contributed by atoms with van der Waals surface area (Å²) in [6.07, 6.45) is 3.79. The van der Waals surface area contributed by atoms with Gasteiger partial charge >= 0.3 is 0 Å². The summed E-state index contributed by atoms with van der Waals surface area (Å²) in [6, 6.07) is 10.0. The Balaban J connectivity index is 1.75. The van der Waals surface area contributed by atoms with Gasteiger partial charge in [-0.15, -0.1) is 0 Å². The zero-order valence-electron chi connectivity index (χ0n) is 18.5. The van der Waals surface area contributed by atoms with E-state index < -0.39 is 6.04 Å². The highest BCUT2D eigenvalue weighted by Crippen LogP contribution is 2.26. The third-order valence-corrected chi connectivity index (χ3v) is 6.12. The van der Waals surface area contributed by atoms with Crippen LogP contribution in [-0.4, -0.2) is 86.3 Å². The minimum absolute atomic E-state index is 0.0189. The van der Waals surface area contributed by atoms with Crippen molar-refractivity contribution in [2.24, 2.45) is 5.73 Å². The number of ether oxygens (including phenoxy) is 2. The van der Waals surface area contributed by atoms with E-state index in [0.717, 1.165) is 39.0 Å². The highest BCUT2D eigenvalue weighted by molar-refractivity contribution is 5.88. The van der Waals surface area contributed by atoms with Gasteiger partial charge in [0.15, 0.2) is 0 Å². The first-order valence-corrected chi connectivity index (χ1v) is 11.3. The second-order valence-corrected chi connectivity index (χ2v) is 8.34. The number of nitrogens with zero attached hydrogens (tertiary/aromatic N) is 2. The van der Waals surface area contributed by atoms with Crippen LogP contribution in [0, 0.1) is 0 Å². The highest BCUT2D eigenvalue weighted by Gasteiger charge is 2.38. The maximum Gasteiger partial charge on any atom is 0.249 e. The molecule has 3 N–H and O–H groups in total. The summed E-state index contributed by atoms with van der Waals surface area (Å²) in [5.41, 5.74) is 6.80. The quantitative estimate of drug-likeness (QED) is 0.566. The van der Waals surface area contributed by atoms with E-state index in [2.05, 4.69) is 34.5 Å². The Morgan fingerprint density at radius 1 is 1.29 bits per heavy atom. The van der Waals surface area contributed by atoms with Crippen LogP contribution in [0.25, 0.3) is 0 Å².